The Morgan fingerprint density at radius 1 is 0.919 bits per heavy atom. The van der Waals surface area contributed by atoms with Gasteiger partial charge in [-0.05, 0) is 53.8 Å². The number of hydrogen-bond donors (Lipinski definition) is 1. The largest absolute Gasteiger partial charge is 0.468 e. The number of hydrogen-bond acceptors (Lipinski definition) is 6. The number of rotatable bonds is 1. The van der Waals surface area contributed by atoms with Gasteiger partial charge in [-0.25, -0.2) is 18.1 Å². The lowest BCUT2D eigenvalue weighted by Crippen LogP contribution is -2.35. The fourth-order valence-corrected chi connectivity index (χ4v) is 6.14. The van der Waals surface area contributed by atoms with Crippen molar-refractivity contribution in [3.63, 3.8) is 0 Å². The average molecular weight is 535 g/mol. The summed E-state index contributed by atoms with van der Waals surface area (Å²) >= 11 is 0. The number of sulfonamides is 1. The maximum Gasteiger partial charge on any atom is 0.264 e. The minimum atomic E-state index is -3.90. The number of aryl methyl sites for hydroxylation is 2. The minimum Gasteiger partial charge on any atom is -0.468 e. The van der Waals surface area contributed by atoms with Crippen LogP contribution in [0.4, 0.5) is 5.95 Å². The molecule has 9 heteroatoms. The zero-order valence-electron chi connectivity index (χ0n) is 20.5. The number of anilines is 1. The third kappa shape index (κ3) is 4.92. The molecule has 37 heavy (non-hydrogen) atoms. The Bertz CT molecular complexity index is 1570. The van der Waals surface area contributed by atoms with Crippen LogP contribution < -0.4 is 9.46 Å². The summed E-state index contributed by atoms with van der Waals surface area (Å²) in [5, 5.41) is 0. The monoisotopic (exact) mass is 534 g/mol. The van der Waals surface area contributed by atoms with Gasteiger partial charge in [-0.2, -0.15) is 4.98 Å². The first-order valence-corrected chi connectivity index (χ1v) is 13.4. The van der Waals surface area contributed by atoms with Gasteiger partial charge in [0.1, 0.15) is 6.10 Å². The predicted octanol–water partition coefficient (Wildman–Crippen LogP) is 5.43. The fraction of sp³-hybridized carbons (Fsp3) is 0.214. The third-order valence-electron chi connectivity index (χ3n) is 6.76. The van der Waals surface area contributed by atoms with Gasteiger partial charge in [0.05, 0.1) is 10.6 Å². The molecule has 4 aromatic rings. The van der Waals surface area contributed by atoms with Gasteiger partial charge >= 0.3 is 0 Å². The number of fused-ring (bicyclic) bond motifs is 8. The number of nitrogens with zero attached hydrogens (tertiary/aromatic N) is 3. The van der Waals surface area contributed by atoms with Crippen LogP contribution in [0.1, 0.15) is 33.9 Å². The molecule has 2 aliphatic rings. The Kier molecular flexibility index (Phi) is 6.66. The molecule has 6 rings (SSSR count). The highest BCUT2D eigenvalue weighted by atomic mass is 35.5. The van der Waals surface area contributed by atoms with E-state index in [0.29, 0.717) is 24.7 Å². The van der Waals surface area contributed by atoms with E-state index < -0.39 is 10.0 Å². The maximum absolute atomic E-state index is 13.3. The molecule has 6 bridgehead atoms. The average Bonchev–Trinajstić information content (AvgIpc) is 2.83. The Morgan fingerprint density at radius 2 is 1.68 bits per heavy atom. The molecule has 0 radical (unpaired) electrons. The van der Waals surface area contributed by atoms with Crippen molar-refractivity contribution in [1.29, 1.82) is 0 Å². The summed E-state index contributed by atoms with van der Waals surface area (Å²) in [6.45, 7) is 6.04. The topological polar surface area (TPSA) is 84.4 Å². The first-order chi connectivity index (χ1) is 17.4. The number of nitrogens with one attached hydrogen (secondary N) is 1. The minimum absolute atomic E-state index is 0. The highest BCUT2D eigenvalue weighted by Gasteiger charge is 2.29. The molecule has 2 atom stereocenters. The van der Waals surface area contributed by atoms with Crippen molar-refractivity contribution in [2.24, 2.45) is 0 Å². The molecule has 0 spiro atoms. The molecular weight excluding hydrogens is 508 g/mol. The molecule has 0 saturated heterocycles. The first-order valence-electron chi connectivity index (χ1n) is 11.9. The van der Waals surface area contributed by atoms with Crippen LogP contribution in [0.3, 0.4) is 0 Å². The van der Waals surface area contributed by atoms with Crippen LogP contribution in [0.5, 0.6) is 5.88 Å². The van der Waals surface area contributed by atoms with E-state index in [1.54, 1.807) is 24.3 Å². The number of ether oxygens (including phenoxy) is 1. The van der Waals surface area contributed by atoms with E-state index in [-0.39, 0.29) is 29.4 Å². The molecule has 0 saturated carbocycles. The Morgan fingerprint density at radius 3 is 2.49 bits per heavy atom. The standard InChI is InChI=1S/C28H26N4O3S.ClH/c1-18-7-5-8-19(2)27(18)24-14-26-30-28(29-24)31-36(33,34)22-11-6-9-20(13-22)15-32-16-21-10-3-4-12-23(21)25(17-32)35-26;/h3-14,25H,15-17H2,1-2H3,(H,29,30,31);1H. The van der Waals surface area contributed by atoms with Crippen LogP contribution in [0.25, 0.3) is 11.3 Å². The van der Waals surface area contributed by atoms with Crippen molar-refractivity contribution in [3.05, 3.63) is 101 Å². The SMILES string of the molecule is Cc1cccc(C)c1-c1cc2nc(n1)NS(=O)(=O)c1cccc(c1)CN1Cc3ccccc3C(C1)O2.Cl. The van der Waals surface area contributed by atoms with Crippen molar-refractivity contribution in [2.75, 3.05) is 11.3 Å². The second-order valence-corrected chi connectivity index (χ2v) is 11.1. The van der Waals surface area contributed by atoms with Crippen LogP contribution in [-0.2, 0) is 23.1 Å². The molecule has 2 unspecified atom stereocenters. The molecule has 190 valence electrons. The van der Waals surface area contributed by atoms with Crippen molar-refractivity contribution < 1.29 is 13.2 Å². The van der Waals surface area contributed by atoms with Crippen LogP contribution >= 0.6 is 12.4 Å². The van der Waals surface area contributed by atoms with Gasteiger partial charge in [0.15, 0.2) is 0 Å². The summed E-state index contributed by atoms with van der Waals surface area (Å²) in [6.07, 6.45) is -0.260. The van der Waals surface area contributed by atoms with Gasteiger partial charge in [0, 0.05) is 31.3 Å². The molecule has 0 fully saturated rings. The van der Waals surface area contributed by atoms with E-state index in [1.165, 1.54) is 5.56 Å². The normalized spacial score (nSPS) is 19.4. The van der Waals surface area contributed by atoms with E-state index in [0.717, 1.165) is 34.4 Å². The Balaban J connectivity index is 0.00000280. The molecule has 0 aliphatic carbocycles. The summed E-state index contributed by atoms with van der Waals surface area (Å²) in [5.41, 5.74) is 6.84. The van der Waals surface area contributed by atoms with Crippen LogP contribution in [0.15, 0.2) is 77.7 Å². The van der Waals surface area contributed by atoms with E-state index in [2.05, 4.69) is 31.7 Å². The van der Waals surface area contributed by atoms with Gasteiger partial charge in [-0.3, -0.25) is 4.90 Å². The molecule has 3 heterocycles. The maximum atomic E-state index is 13.3. The van der Waals surface area contributed by atoms with Crippen molar-refractivity contribution >= 4 is 28.4 Å². The lowest BCUT2D eigenvalue weighted by Gasteiger charge is -2.34. The highest BCUT2D eigenvalue weighted by molar-refractivity contribution is 7.92. The lowest BCUT2D eigenvalue weighted by atomic mass is 9.96. The molecule has 7 nitrogen and oxygen atoms in total. The molecular formula is C28H27ClN4O3S. The zero-order valence-corrected chi connectivity index (χ0v) is 22.1. The Labute approximate surface area is 223 Å². The van der Waals surface area contributed by atoms with Crippen molar-refractivity contribution in [2.45, 2.75) is 37.9 Å². The quantitative estimate of drug-likeness (QED) is 0.350. The number of benzene rings is 3. The summed E-state index contributed by atoms with van der Waals surface area (Å²) < 4.78 is 35.7. The highest BCUT2D eigenvalue weighted by Crippen LogP contribution is 2.34. The smallest absolute Gasteiger partial charge is 0.264 e. The summed E-state index contributed by atoms with van der Waals surface area (Å²) in [5.74, 6) is 0.309. The fourth-order valence-electron chi connectivity index (χ4n) is 5.12. The van der Waals surface area contributed by atoms with E-state index in [4.69, 9.17) is 4.74 Å². The number of halogens is 1. The Hall–Kier alpha value is -3.46. The first kappa shape index (κ1) is 25.2. The second kappa shape index (κ2) is 9.78. The predicted molar refractivity (Wildman–Crippen MR) is 145 cm³/mol. The summed E-state index contributed by atoms with van der Waals surface area (Å²) in [6, 6.07) is 23.1. The zero-order chi connectivity index (χ0) is 24.9. The number of aromatic nitrogens is 2. The van der Waals surface area contributed by atoms with Crippen molar-refractivity contribution in [1.82, 2.24) is 14.9 Å². The van der Waals surface area contributed by atoms with Gasteiger partial charge in [0.2, 0.25) is 11.8 Å². The van der Waals surface area contributed by atoms with Crippen LogP contribution in [0.2, 0.25) is 0 Å². The molecule has 2 aliphatic heterocycles. The van der Waals surface area contributed by atoms with Crippen LogP contribution in [0, 0.1) is 13.8 Å². The summed E-state index contributed by atoms with van der Waals surface area (Å²) in [4.78, 5) is 11.6. The van der Waals surface area contributed by atoms with Gasteiger partial charge in [-0.15, -0.1) is 12.4 Å². The molecule has 1 aromatic heterocycles. The summed E-state index contributed by atoms with van der Waals surface area (Å²) in [7, 11) is -3.90. The van der Waals surface area contributed by atoms with Crippen LogP contribution in [-0.4, -0.2) is 29.8 Å². The molecule has 3 aromatic carbocycles. The van der Waals surface area contributed by atoms with E-state index in [1.807, 2.05) is 50.2 Å². The lowest BCUT2D eigenvalue weighted by molar-refractivity contribution is 0.103. The van der Waals surface area contributed by atoms with E-state index >= 15 is 0 Å². The van der Waals surface area contributed by atoms with Gasteiger partial charge < -0.3 is 4.74 Å². The molecule has 0 amide bonds. The second-order valence-electron chi connectivity index (χ2n) is 9.41. The molecule has 1 N–H and O–H groups in total. The van der Waals surface area contributed by atoms with Gasteiger partial charge in [-0.1, -0.05) is 54.6 Å². The van der Waals surface area contributed by atoms with E-state index in [9.17, 15) is 8.42 Å². The van der Waals surface area contributed by atoms with Gasteiger partial charge in [0.25, 0.3) is 10.0 Å². The van der Waals surface area contributed by atoms with Crippen molar-refractivity contribution in [3.8, 4) is 17.1 Å². The third-order valence-corrected chi connectivity index (χ3v) is 8.09.